The smallest absolute Gasteiger partial charge is 0.410 e. The third kappa shape index (κ3) is 6.19. The molecule has 156 valence electrons. The van der Waals surface area contributed by atoms with Crippen molar-refractivity contribution in [1.82, 2.24) is 14.9 Å². The Morgan fingerprint density at radius 2 is 2.14 bits per heavy atom. The zero-order chi connectivity index (χ0) is 21.0. The first-order valence-electron chi connectivity index (χ1n) is 9.24. The van der Waals surface area contributed by atoms with Crippen molar-refractivity contribution in [2.45, 2.75) is 45.5 Å². The molecule has 1 atom stereocenters. The predicted molar refractivity (Wildman–Crippen MR) is 105 cm³/mol. The lowest BCUT2D eigenvalue weighted by molar-refractivity contribution is 0.0274. The second-order valence-electron chi connectivity index (χ2n) is 7.63. The molecule has 3 rings (SSSR count). The molecule has 0 aliphatic carbocycles. The fourth-order valence-electron chi connectivity index (χ4n) is 2.74. The van der Waals surface area contributed by atoms with Gasteiger partial charge in [-0.25, -0.2) is 14.2 Å². The van der Waals surface area contributed by atoms with Crippen LogP contribution in [0, 0.1) is 5.82 Å². The van der Waals surface area contributed by atoms with Gasteiger partial charge in [-0.3, -0.25) is 0 Å². The Kier molecular flexibility index (Phi) is 6.42. The molecule has 0 N–H and O–H groups in total. The molecule has 1 aliphatic heterocycles. The molecule has 0 spiro atoms. The first kappa shape index (κ1) is 21.1. The van der Waals surface area contributed by atoms with Crippen molar-refractivity contribution >= 4 is 17.7 Å². The van der Waals surface area contributed by atoms with Crippen LogP contribution in [0.5, 0.6) is 11.6 Å². The molecular weight excluding hydrogens is 401 g/mol. The average molecular weight is 424 g/mol. The van der Waals surface area contributed by atoms with E-state index in [0.717, 1.165) is 0 Å². The molecule has 0 bridgehead atoms. The van der Waals surface area contributed by atoms with Gasteiger partial charge < -0.3 is 19.1 Å². The van der Waals surface area contributed by atoms with Gasteiger partial charge >= 0.3 is 6.09 Å². The Morgan fingerprint density at radius 3 is 2.86 bits per heavy atom. The van der Waals surface area contributed by atoms with Crippen LogP contribution in [-0.4, -0.2) is 45.8 Å². The summed E-state index contributed by atoms with van der Waals surface area (Å²) in [6, 6.07) is 5.79. The number of carbonyl (C=O) groups is 1. The van der Waals surface area contributed by atoms with E-state index < -0.39 is 11.4 Å². The van der Waals surface area contributed by atoms with Gasteiger partial charge in [0.15, 0.2) is 17.4 Å². The monoisotopic (exact) mass is 423 g/mol. The minimum Gasteiger partial charge on any atom is -0.483 e. The van der Waals surface area contributed by atoms with E-state index in [9.17, 15) is 9.18 Å². The molecule has 1 amide bonds. The van der Waals surface area contributed by atoms with Crippen molar-refractivity contribution in [2.24, 2.45) is 0 Å². The molecule has 2 aromatic rings. The zero-order valence-corrected chi connectivity index (χ0v) is 17.3. The molecule has 7 nitrogen and oxygen atoms in total. The molecule has 1 unspecified atom stereocenters. The maximum Gasteiger partial charge on any atom is 0.410 e. The van der Waals surface area contributed by atoms with Gasteiger partial charge in [-0.05, 0) is 39.0 Å². The minimum atomic E-state index is -0.557. The molecule has 1 saturated heterocycles. The van der Waals surface area contributed by atoms with E-state index in [1.54, 1.807) is 17.2 Å². The largest absolute Gasteiger partial charge is 0.483 e. The van der Waals surface area contributed by atoms with E-state index in [0.29, 0.717) is 36.2 Å². The molecule has 0 radical (unpaired) electrons. The van der Waals surface area contributed by atoms with Crippen LogP contribution in [-0.2, 0) is 11.3 Å². The van der Waals surface area contributed by atoms with Gasteiger partial charge in [-0.2, -0.15) is 4.98 Å². The van der Waals surface area contributed by atoms with Crippen LogP contribution in [0.25, 0.3) is 0 Å². The SMILES string of the molecule is CC(C)(C)OC(=O)N1CCC(Oc2ccnc(COc3ccc(Cl)cc3F)n2)C1. The maximum atomic E-state index is 13.8. The molecule has 2 heterocycles. The molecular formula is C20H23ClFN3O4. The summed E-state index contributed by atoms with van der Waals surface area (Å²) < 4.78 is 30.5. The topological polar surface area (TPSA) is 73.8 Å². The Balaban J connectivity index is 1.54. The van der Waals surface area contributed by atoms with E-state index in [1.807, 2.05) is 20.8 Å². The van der Waals surface area contributed by atoms with Crippen LogP contribution >= 0.6 is 11.6 Å². The highest BCUT2D eigenvalue weighted by Gasteiger charge is 2.31. The zero-order valence-electron chi connectivity index (χ0n) is 16.5. The Hall–Kier alpha value is -2.61. The van der Waals surface area contributed by atoms with E-state index in [-0.39, 0.29) is 24.6 Å². The first-order chi connectivity index (χ1) is 13.7. The number of hydrogen-bond acceptors (Lipinski definition) is 6. The number of benzene rings is 1. The first-order valence-corrected chi connectivity index (χ1v) is 9.62. The molecule has 29 heavy (non-hydrogen) atoms. The summed E-state index contributed by atoms with van der Waals surface area (Å²) in [6.07, 6.45) is 1.66. The van der Waals surface area contributed by atoms with Gasteiger partial charge in [0.25, 0.3) is 0 Å². The Bertz CT molecular complexity index is 875. The van der Waals surface area contributed by atoms with Gasteiger partial charge in [0.05, 0.1) is 6.54 Å². The molecule has 1 aromatic heterocycles. The fourth-order valence-corrected chi connectivity index (χ4v) is 2.90. The summed E-state index contributed by atoms with van der Waals surface area (Å²) in [4.78, 5) is 22.2. The summed E-state index contributed by atoms with van der Waals surface area (Å²) >= 11 is 5.73. The number of aromatic nitrogens is 2. The summed E-state index contributed by atoms with van der Waals surface area (Å²) in [5.74, 6) is 0.219. The minimum absolute atomic E-state index is 0.0234. The van der Waals surface area contributed by atoms with E-state index in [1.165, 1.54) is 18.2 Å². The van der Waals surface area contributed by atoms with Gasteiger partial charge in [0.1, 0.15) is 18.3 Å². The number of carbonyl (C=O) groups excluding carboxylic acids is 1. The normalized spacial score (nSPS) is 16.6. The van der Waals surface area contributed by atoms with Crippen LogP contribution in [0.3, 0.4) is 0 Å². The third-order valence-electron chi connectivity index (χ3n) is 4.01. The van der Waals surface area contributed by atoms with Crippen molar-refractivity contribution in [1.29, 1.82) is 0 Å². The highest BCUT2D eigenvalue weighted by atomic mass is 35.5. The lowest BCUT2D eigenvalue weighted by Crippen LogP contribution is -2.36. The number of halogens is 2. The van der Waals surface area contributed by atoms with E-state index >= 15 is 0 Å². The van der Waals surface area contributed by atoms with Crippen molar-refractivity contribution in [2.75, 3.05) is 13.1 Å². The predicted octanol–water partition coefficient (Wildman–Crippen LogP) is 4.24. The summed E-state index contributed by atoms with van der Waals surface area (Å²) in [6.45, 7) is 6.43. The second kappa shape index (κ2) is 8.82. The number of hydrogen-bond donors (Lipinski definition) is 0. The van der Waals surface area contributed by atoms with Crippen molar-refractivity contribution in [3.8, 4) is 11.6 Å². The number of likely N-dealkylation sites (tertiary alicyclic amines) is 1. The van der Waals surface area contributed by atoms with Gasteiger partial charge in [0, 0.05) is 30.3 Å². The van der Waals surface area contributed by atoms with Crippen molar-refractivity contribution < 1.29 is 23.4 Å². The Morgan fingerprint density at radius 1 is 1.34 bits per heavy atom. The lowest BCUT2D eigenvalue weighted by Gasteiger charge is -2.24. The number of amides is 1. The molecule has 9 heteroatoms. The molecule has 1 aromatic carbocycles. The summed E-state index contributed by atoms with van der Waals surface area (Å²) in [7, 11) is 0. The fraction of sp³-hybridized carbons (Fsp3) is 0.450. The van der Waals surface area contributed by atoms with Gasteiger partial charge in [0.2, 0.25) is 5.88 Å². The summed E-state index contributed by atoms with van der Waals surface area (Å²) in [5, 5.41) is 0.290. The van der Waals surface area contributed by atoms with Crippen molar-refractivity contribution in [3.05, 3.63) is 47.1 Å². The van der Waals surface area contributed by atoms with Gasteiger partial charge in [-0.1, -0.05) is 11.6 Å². The molecule has 0 saturated carbocycles. The highest BCUT2D eigenvalue weighted by molar-refractivity contribution is 6.30. The van der Waals surface area contributed by atoms with Crippen LogP contribution in [0.4, 0.5) is 9.18 Å². The van der Waals surface area contributed by atoms with Crippen LogP contribution < -0.4 is 9.47 Å². The second-order valence-corrected chi connectivity index (χ2v) is 8.07. The van der Waals surface area contributed by atoms with Crippen LogP contribution in [0.1, 0.15) is 33.0 Å². The molecule has 1 aliphatic rings. The van der Waals surface area contributed by atoms with Crippen LogP contribution in [0.15, 0.2) is 30.5 Å². The highest BCUT2D eigenvalue weighted by Crippen LogP contribution is 2.22. The number of nitrogens with zero attached hydrogens (tertiary/aromatic N) is 3. The van der Waals surface area contributed by atoms with Gasteiger partial charge in [-0.15, -0.1) is 0 Å². The summed E-state index contributed by atoms with van der Waals surface area (Å²) in [5.41, 5.74) is -0.541. The quantitative estimate of drug-likeness (QED) is 0.716. The standard InChI is InChI=1S/C20H23ClFN3O4/c1-20(2,3)29-19(26)25-9-7-14(11-25)28-18-6-8-23-17(24-18)12-27-16-5-4-13(21)10-15(16)22/h4-6,8,10,14H,7,9,11-12H2,1-3H3. The Labute approximate surface area is 173 Å². The van der Waals surface area contributed by atoms with E-state index in [2.05, 4.69) is 9.97 Å². The number of rotatable bonds is 5. The van der Waals surface area contributed by atoms with Crippen molar-refractivity contribution in [3.63, 3.8) is 0 Å². The lowest BCUT2D eigenvalue weighted by atomic mass is 10.2. The van der Waals surface area contributed by atoms with E-state index in [4.69, 9.17) is 25.8 Å². The van der Waals surface area contributed by atoms with Crippen LogP contribution in [0.2, 0.25) is 5.02 Å². The maximum absolute atomic E-state index is 13.8. The average Bonchev–Trinajstić information content (AvgIpc) is 3.09. The number of ether oxygens (including phenoxy) is 3. The molecule has 1 fully saturated rings. The third-order valence-corrected chi connectivity index (χ3v) is 4.25.